The molecule has 6 rings (SSSR count). The molecule has 0 spiro atoms. The van der Waals surface area contributed by atoms with Crippen LogP contribution in [0.3, 0.4) is 0 Å². The minimum Gasteiger partial charge on any atom is -0.387 e. The quantitative estimate of drug-likeness (QED) is 0.244. The Morgan fingerprint density at radius 3 is 2.89 bits per heavy atom. The van der Waals surface area contributed by atoms with Crippen molar-refractivity contribution in [2.75, 3.05) is 11.5 Å². The Morgan fingerprint density at radius 2 is 2.11 bits per heavy atom. The molecule has 2 aliphatic rings. The lowest BCUT2D eigenvalue weighted by atomic mass is 9.97. The Balaban J connectivity index is 1.27. The van der Waals surface area contributed by atoms with Crippen LogP contribution in [0.2, 0.25) is 0 Å². The van der Waals surface area contributed by atoms with Crippen LogP contribution in [-0.4, -0.2) is 69.8 Å². The fourth-order valence-electron chi connectivity index (χ4n) is 4.96. The SMILES string of the molecule is Cn1ccc(-c2cn([C@@H]3O[C@H](C(=O)N[C@@H]4CCc5nc(N)sc5C4)[C@@H](O)[C@H]3O)c3ncnc(N)c23)n1. The van der Waals surface area contributed by atoms with Crippen molar-refractivity contribution in [1.82, 2.24) is 34.6 Å². The Bertz CT molecular complexity index is 1460. The lowest BCUT2D eigenvalue weighted by Gasteiger charge is -2.24. The Hall–Kier alpha value is -3.59. The van der Waals surface area contributed by atoms with E-state index in [4.69, 9.17) is 16.2 Å². The van der Waals surface area contributed by atoms with Gasteiger partial charge in [-0.2, -0.15) is 5.10 Å². The number of hydrogen-bond acceptors (Lipinski definition) is 11. The van der Waals surface area contributed by atoms with Gasteiger partial charge in [0, 0.05) is 42.3 Å². The summed E-state index contributed by atoms with van der Waals surface area (Å²) >= 11 is 1.42. The molecule has 1 aliphatic heterocycles. The number of aryl methyl sites for hydroxylation is 2. The van der Waals surface area contributed by atoms with E-state index in [-0.39, 0.29) is 11.9 Å². The third kappa shape index (κ3) is 3.69. The van der Waals surface area contributed by atoms with Crippen molar-refractivity contribution in [2.24, 2.45) is 7.05 Å². The van der Waals surface area contributed by atoms with Gasteiger partial charge in [-0.05, 0) is 18.9 Å². The van der Waals surface area contributed by atoms with Crippen LogP contribution >= 0.6 is 11.3 Å². The van der Waals surface area contributed by atoms with Crippen molar-refractivity contribution in [3.63, 3.8) is 0 Å². The first-order chi connectivity index (χ1) is 17.3. The number of nitrogens with one attached hydrogen (secondary N) is 1. The summed E-state index contributed by atoms with van der Waals surface area (Å²) in [6.07, 6.45) is 1.62. The van der Waals surface area contributed by atoms with E-state index in [0.717, 1.165) is 10.6 Å². The van der Waals surface area contributed by atoms with Crippen molar-refractivity contribution in [1.29, 1.82) is 0 Å². The van der Waals surface area contributed by atoms with Crippen LogP contribution in [0.1, 0.15) is 23.2 Å². The van der Waals surface area contributed by atoms with Gasteiger partial charge in [0.05, 0.1) is 16.8 Å². The highest BCUT2D eigenvalue weighted by atomic mass is 32.1. The van der Waals surface area contributed by atoms with Crippen LogP contribution < -0.4 is 16.8 Å². The molecule has 1 saturated heterocycles. The maximum absolute atomic E-state index is 13.1. The van der Waals surface area contributed by atoms with Crippen molar-refractivity contribution in [3.05, 3.63) is 35.4 Å². The number of nitrogens with two attached hydrogens (primary N) is 2. The molecule has 0 aromatic carbocycles. The Kier molecular flexibility index (Phi) is 5.40. The number of aliphatic hydroxyl groups excluding tert-OH is 2. The summed E-state index contributed by atoms with van der Waals surface area (Å²) in [5.41, 5.74) is 14.6. The molecule has 5 atom stereocenters. The second-order valence-electron chi connectivity index (χ2n) is 9.08. The van der Waals surface area contributed by atoms with E-state index in [9.17, 15) is 15.0 Å². The Morgan fingerprint density at radius 1 is 1.28 bits per heavy atom. The number of fused-ring (bicyclic) bond motifs is 2. The van der Waals surface area contributed by atoms with Crippen molar-refractivity contribution in [2.45, 2.75) is 49.8 Å². The fraction of sp³-hybridized carbons (Fsp3) is 0.409. The summed E-state index contributed by atoms with van der Waals surface area (Å²) in [6, 6.07) is 1.67. The zero-order valence-electron chi connectivity index (χ0n) is 19.3. The normalized spacial score (nSPS) is 25.8. The smallest absolute Gasteiger partial charge is 0.252 e. The van der Waals surface area contributed by atoms with Crippen LogP contribution in [0.25, 0.3) is 22.3 Å². The maximum Gasteiger partial charge on any atom is 0.252 e. The number of aromatic nitrogens is 6. The van der Waals surface area contributed by atoms with Gasteiger partial charge < -0.3 is 36.3 Å². The van der Waals surface area contributed by atoms with E-state index >= 15 is 0 Å². The molecule has 5 heterocycles. The number of aliphatic hydroxyl groups is 2. The first-order valence-corrected chi connectivity index (χ1v) is 12.3. The number of nitrogens with zero attached hydrogens (tertiary/aromatic N) is 6. The summed E-state index contributed by atoms with van der Waals surface area (Å²) in [7, 11) is 1.79. The number of carbonyl (C=O) groups excluding carboxylic acids is 1. The van der Waals surface area contributed by atoms with E-state index in [1.165, 1.54) is 17.7 Å². The van der Waals surface area contributed by atoms with E-state index in [1.807, 2.05) is 6.07 Å². The zero-order chi connectivity index (χ0) is 25.1. The van der Waals surface area contributed by atoms with Gasteiger partial charge in [-0.25, -0.2) is 15.0 Å². The lowest BCUT2D eigenvalue weighted by Crippen LogP contribution is -2.48. The second kappa shape index (κ2) is 8.51. The maximum atomic E-state index is 13.1. The number of carbonyl (C=O) groups is 1. The molecule has 188 valence electrons. The van der Waals surface area contributed by atoms with E-state index in [2.05, 4.69) is 25.4 Å². The molecule has 13 nitrogen and oxygen atoms in total. The van der Waals surface area contributed by atoms with E-state index < -0.39 is 30.4 Å². The summed E-state index contributed by atoms with van der Waals surface area (Å²) < 4.78 is 9.16. The largest absolute Gasteiger partial charge is 0.387 e. The van der Waals surface area contributed by atoms with Crippen LogP contribution in [-0.2, 0) is 29.4 Å². The summed E-state index contributed by atoms with van der Waals surface area (Å²) in [5, 5.41) is 30.1. The predicted octanol–water partition coefficient (Wildman–Crippen LogP) is -0.254. The topological polar surface area (TPSA) is 192 Å². The zero-order valence-corrected chi connectivity index (χ0v) is 20.1. The number of amides is 1. The third-order valence-corrected chi connectivity index (χ3v) is 7.65. The standard InChI is InChI=1S/C22H25N9O4S/c1-30-5-4-11(29-30)10-7-31(19-14(10)18(23)25-8-26-19)21-16(33)15(32)17(35-21)20(34)27-9-2-3-12-13(6-9)36-22(24)28-12/h4-5,7-9,15-17,21,32-33H,2-3,6H2,1H3,(H2,24,28)(H,27,34)(H2,23,25,26)/t9-,15+,16-,17+,21-/m1/s1. The monoisotopic (exact) mass is 511 g/mol. The summed E-state index contributed by atoms with van der Waals surface area (Å²) in [6.45, 7) is 0. The van der Waals surface area contributed by atoms with Gasteiger partial charge >= 0.3 is 0 Å². The van der Waals surface area contributed by atoms with Crippen molar-refractivity contribution >= 4 is 39.2 Å². The van der Waals surface area contributed by atoms with Gasteiger partial charge in [-0.15, -0.1) is 11.3 Å². The highest BCUT2D eigenvalue weighted by Crippen LogP contribution is 2.38. The molecule has 1 aliphatic carbocycles. The van der Waals surface area contributed by atoms with Crippen molar-refractivity contribution < 1.29 is 19.7 Å². The van der Waals surface area contributed by atoms with Crippen LogP contribution in [0.4, 0.5) is 10.9 Å². The van der Waals surface area contributed by atoms with Crippen LogP contribution in [0, 0.1) is 0 Å². The molecule has 14 heteroatoms. The molecule has 0 saturated carbocycles. The molecule has 4 aromatic heterocycles. The molecule has 1 amide bonds. The van der Waals surface area contributed by atoms with Gasteiger partial charge in [0.25, 0.3) is 5.91 Å². The predicted molar refractivity (Wildman–Crippen MR) is 131 cm³/mol. The fourth-order valence-corrected chi connectivity index (χ4v) is 5.92. The number of rotatable bonds is 4. The number of ether oxygens (including phenoxy) is 1. The van der Waals surface area contributed by atoms with Gasteiger partial charge in [0.2, 0.25) is 0 Å². The molecule has 0 bridgehead atoms. The molecule has 0 radical (unpaired) electrons. The number of hydrogen-bond donors (Lipinski definition) is 5. The Labute approximate surface area is 208 Å². The molecular formula is C22H25N9O4S. The minimum absolute atomic E-state index is 0.146. The lowest BCUT2D eigenvalue weighted by molar-refractivity contribution is -0.138. The highest BCUT2D eigenvalue weighted by molar-refractivity contribution is 7.15. The van der Waals surface area contributed by atoms with E-state index in [0.29, 0.717) is 46.7 Å². The number of anilines is 2. The van der Waals surface area contributed by atoms with E-state index in [1.54, 1.807) is 28.7 Å². The third-order valence-electron chi connectivity index (χ3n) is 6.70. The van der Waals surface area contributed by atoms with Crippen LogP contribution in [0.5, 0.6) is 0 Å². The number of nitrogen functional groups attached to an aromatic ring is 2. The van der Waals surface area contributed by atoms with Crippen LogP contribution in [0.15, 0.2) is 24.8 Å². The molecule has 1 fully saturated rings. The summed E-state index contributed by atoms with van der Waals surface area (Å²) in [5.74, 6) is -0.257. The molecule has 36 heavy (non-hydrogen) atoms. The molecule has 7 N–H and O–H groups in total. The molecular weight excluding hydrogens is 486 g/mol. The number of thiazole rings is 1. The van der Waals surface area contributed by atoms with Gasteiger partial charge in [0.1, 0.15) is 30.0 Å². The average molecular weight is 512 g/mol. The summed E-state index contributed by atoms with van der Waals surface area (Å²) in [4.78, 5) is 26.9. The van der Waals surface area contributed by atoms with Gasteiger partial charge in [0.15, 0.2) is 17.5 Å². The minimum atomic E-state index is -1.44. The highest BCUT2D eigenvalue weighted by Gasteiger charge is 2.48. The van der Waals surface area contributed by atoms with Gasteiger partial charge in [-0.1, -0.05) is 0 Å². The molecule has 0 unspecified atom stereocenters. The second-order valence-corrected chi connectivity index (χ2v) is 10.2. The first kappa shape index (κ1) is 22.8. The first-order valence-electron chi connectivity index (χ1n) is 11.5. The average Bonchev–Trinajstić information content (AvgIpc) is 3.59. The van der Waals surface area contributed by atoms with Crippen molar-refractivity contribution in [3.8, 4) is 11.3 Å². The van der Waals surface area contributed by atoms with Gasteiger partial charge in [-0.3, -0.25) is 9.48 Å². The molecule has 4 aromatic rings.